The van der Waals surface area contributed by atoms with E-state index in [2.05, 4.69) is 5.32 Å². The van der Waals surface area contributed by atoms with E-state index in [0.717, 1.165) is 19.3 Å². The van der Waals surface area contributed by atoms with E-state index in [1.807, 2.05) is 0 Å². The van der Waals surface area contributed by atoms with Gasteiger partial charge in [-0.15, -0.1) is 0 Å². The van der Waals surface area contributed by atoms with Gasteiger partial charge in [0.1, 0.15) is 6.04 Å². The van der Waals surface area contributed by atoms with E-state index in [1.165, 1.54) is 24.2 Å². The van der Waals surface area contributed by atoms with Gasteiger partial charge in [-0.25, -0.2) is 4.79 Å². The maximum Gasteiger partial charge on any atom is 0.326 e. The molecule has 6 heteroatoms. The van der Waals surface area contributed by atoms with Crippen molar-refractivity contribution in [3.8, 4) is 0 Å². The number of carbonyl (C=O) groups excluding carboxylic acids is 1. The third-order valence-electron chi connectivity index (χ3n) is 5.30. The summed E-state index contributed by atoms with van der Waals surface area (Å²) < 4.78 is 0. The van der Waals surface area contributed by atoms with Crippen LogP contribution in [-0.4, -0.2) is 57.8 Å². The largest absolute Gasteiger partial charge is 0.480 e. The highest BCUT2D eigenvalue weighted by atomic mass is 16.4. The lowest BCUT2D eigenvalue weighted by molar-refractivity contribution is -0.149. The van der Waals surface area contributed by atoms with Crippen LogP contribution in [0.25, 0.3) is 0 Å². The molecule has 5 atom stereocenters. The molecule has 6 nitrogen and oxygen atoms in total. The number of carbonyl (C=O) groups is 2. The van der Waals surface area contributed by atoms with E-state index >= 15 is 0 Å². The van der Waals surface area contributed by atoms with Gasteiger partial charge in [-0.1, -0.05) is 12.8 Å². The van der Waals surface area contributed by atoms with Crippen molar-refractivity contribution < 1.29 is 19.8 Å². The summed E-state index contributed by atoms with van der Waals surface area (Å²) in [4.78, 5) is 25.2. The van der Waals surface area contributed by atoms with Gasteiger partial charge in [0.15, 0.2) is 0 Å². The Kier molecular flexibility index (Phi) is 4.17. The lowest BCUT2D eigenvalue weighted by atomic mass is 9.77. The maximum atomic E-state index is 12.6. The predicted molar refractivity (Wildman–Crippen MR) is 75.7 cm³/mol. The van der Waals surface area contributed by atoms with Gasteiger partial charge in [-0.2, -0.15) is 0 Å². The third kappa shape index (κ3) is 2.92. The minimum atomic E-state index is -1.02. The van der Waals surface area contributed by atoms with Crippen LogP contribution in [0.4, 0.5) is 0 Å². The first-order valence-electron chi connectivity index (χ1n) is 8.03. The standard InChI is InChI=1S/C15H24N2O4/c18-10-7-13(15(20)21)17(8-10)14(19)12-6-5-9-3-1-2-4-11(9)16-12/h9-13,16,18H,1-8H2,(H,20,21)/t9?,10?,11?,12?,13-/m0/s1. The van der Waals surface area contributed by atoms with Crippen molar-refractivity contribution in [3.63, 3.8) is 0 Å². The summed E-state index contributed by atoms with van der Waals surface area (Å²) in [6.45, 7) is 0.141. The number of piperidine rings is 1. The highest BCUT2D eigenvalue weighted by molar-refractivity contribution is 5.87. The molecular formula is C15H24N2O4. The number of carboxylic acid groups (broad SMARTS) is 1. The first-order valence-corrected chi connectivity index (χ1v) is 8.03. The summed E-state index contributed by atoms with van der Waals surface area (Å²) in [7, 11) is 0. The number of carboxylic acids is 1. The van der Waals surface area contributed by atoms with Gasteiger partial charge in [-0.05, 0) is 31.6 Å². The number of nitrogens with zero attached hydrogens (tertiary/aromatic N) is 1. The quantitative estimate of drug-likeness (QED) is 0.684. The monoisotopic (exact) mass is 296 g/mol. The van der Waals surface area contributed by atoms with Gasteiger partial charge >= 0.3 is 5.97 Å². The molecule has 2 saturated heterocycles. The Hall–Kier alpha value is -1.14. The molecule has 1 amide bonds. The summed E-state index contributed by atoms with van der Waals surface area (Å²) >= 11 is 0. The fourth-order valence-electron chi connectivity index (χ4n) is 4.18. The van der Waals surface area contributed by atoms with Crippen molar-refractivity contribution in [2.75, 3.05) is 6.54 Å². The number of hydrogen-bond donors (Lipinski definition) is 3. The van der Waals surface area contributed by atoms with Crippen molar-refractivity contribution in [1.82, 2.24) is 10.2 Å². The third-order valence-corrected chi connectivity index (χ3v) is 5.30. The van der Waals surface area contributed by atoms with Crippen LogP contribution in [0, 0.1) is 5.92 Å². The highest BCUT2D eigenvalue weighted by Crippen LogP contribution is 2.33. The lowest BCUT2D eigenvalue weighted by Gasteiger charge is -2.41. The lowest BCUT2D eigenvalue weighted by Crippen LogP contribution is -2.57. The second-order valence-corrected chi connectivity index (χ2v) is 6.68. The molecule has 4 unspecified atom stereocenters. The van der Waals surface area contributed by atoms with Gasteiger partial charge < -0.3 is 20.4 Å². The molecule has 118 valence electrons. The Balaban J connectivity index is 1.66. The minimum absolute atomic E-state index is 0.139. The predicted octanol–water partition coefficient (Wildman–Crippen LogP) is 0.344. The zero-order valence-electron chi connectivity index (χ0n) is 12.2. The van der Waals surface area contributed by atoms with Crippen LogP contribution in [0.1, 0.15) is 44.9 Å². The molecule has 2 heterocycles. The molecule has 0 aromatic rings. The molecule has 0 radical (unpaired) electrons. The molecule has 3 fully saturated rings. The summed E-state index contributed by atoms with van der Waals surface area (Å²) in [5.74, 6) is -0.503. The van der Waals surface area contributed by atoms with Crippen LogP contribution < -0.4 is 5.32 Å². The van der Waals surface area contributed by atoms with E-state index in [0.29, 0.717) is 12.0 Å². The Morgan fingerprint density at radius 2 is 1.86 bits per heavy atom. The van der Waals surface area contributed by atoms with E-state index in [4.69, 9.17) is 0 Å². The molecule has 1 saturated carbocycles. The second-order valence-electron chi connectivity index (χ2n) is 6.68. The second kappa shape index (κ2) is 5.93. The van der Waals surface area contributed by atoms with Crippen molar-refractivity contribution in [2.45, 2.75) is 69.2 Å². The number of likely N-dealkylation sites (tertiary alicyclic amines) is 1. The van der Waals surface area contributed by atoms with Crippen LogP contribution in [0.5, 0.6) is 0 Å². The minimum Gasteiger partial charge on any atom is -0.480 e. The zero-order valence-corrected chi connectivity index (χ0v) is 12.2. The summed E-state index contributed by atoms with van der Waals surface area (Å²) in [5.41, 5.74) is 0. The fourth-order valence-corrected chi connectivity index (χ4v) is 4.18. The Morgan fingerprint density at radius 3 is 2.62 bits per heavy atom. The number of aliphatic hydroxyl groups is 1. The normalized spacial score (nSPS) is 39.9. The van der Waals surface area contributed by atoms with Crippen molar-refractivity contribution in [2.24, 2.45) is 5.92 Å². The van der Waals surface area contributed by atoms with Gasteiger partial charge in [-0.3, -0.25) is 4.79 Å². The number of rotatable bonds is 2. The van der Waals surface area contributed by atoms with Crippen LogP contribution in [0.2, 0.25) is 0 Å². The number of β-amino-alcohol motifs (C(OH)–C–C–N with tert-alkyl or cyclic N) is 1. The van der Waals surface area contributed by atoms with Gasteiger partial charge in [0.25, 0.3) is 0 Å². The fraction of sp³-hybridized carbons (Fsp3) is 0.867. The molecule has 0 bridgehead atoms. The first kappa shape index (κ1) is 14.8. The molecule has 2 aliphatic heterocycles. The number of fused-ring (bicyclic) bond motifs is 1. The van der Waals surface area contributed by atoms with E-state index in [-0.39, 0.29) is 24.9 Å². The summed E-state index contributed by atoms with van der Waals surface area (Å²) in [5, 5.41) is 22.3. The molecular weight excluding hydrogens is 272 g/mol. The highest BCUT2D eigenvalue weighted by Gasteiger charge is 2.43. The Labute approximate surface area is 124 Å². The van der Waals surface area contributed by atoms with E-state index in [9.17, 15) is 19.8 Å². The SMILES string of the molecule is O=C(O)[C@@H]1CC(O)CN1C(=O)C1CCC2CCCCC2N1. The number of aliphatic carboxylic acids is 1. The van der Waals surface area contributed by atoms with E-state index in [1.54, 1.807) is 0 Å². The average molecular weight is 296 g/mol. The van der Waals surface area contributed by atoms with Crippen LogP contribution >= 0.6 is 0 Å². The average Bonchev–Trinajstić information content (AvgIpc) is 2.88. The van der Waals surface area contributed by atoms with Crippen LogP contribution in [0.15, 0.2) is 0 Å². The summed E-state index contributed by atoms with van der Waals surface area (Å²) in [6, 6.07) is -0.757. The Bertz CT molecular complexity index is 428. The molecule has 21 heavy (non-hydrogen) atoms. The molecule has 0 spiro atoms. The summed E-state index contributed by atoms with van der Waals surface area (Å²) in [6.07, 6.45) is 6.07. The van der Waals surface area contributed by atoms with E-state index < -0.39 is 18.1 Å². The van der Waals surface area contributed by atoms with Crippen LogP contribution in [0.3, 0.4) is 0 Å². The van der Waals surface area contributed by atoms with Gasteiger partial charge in [0.05, 0.1) is 12.1 Å². The zero-order chi connectivity index (χ0) is 15.0. The smallest absolute Gasteiger partial charge is 0.326 e. The molecule has 1 aliphatic carbocycles. The maximum absolute atomic E-state index is 12.6. The Morgan fingerprint density at radius 1 is 1.10 bits per heavy atom. The van der Waals surface area contributed by atoms with Crippen molar-refractivity contribution in [1.29, 1.82) is 0 Å². The molecule has 3 aliphatic rings. The number of hydrogen-bond acceptors (Lipinski definition) is 4. The molecule has 0 aromatic carbocycles. The number of nitrogens with one attached hydrogen (secondary N) is 1. The van der Waals surface area contributed by atoms with Gasteiger partial charge in [0.2, 0.25) is 5.91 Å². The molecule has 3 N–H and O–H groups in total. The molecule has 3 rings (SSSR count). The molecule has 0 aromatic heterocycles. The van der Waals surface area contributed by atoms with Crippen LogP contribution in [-0.2, 0) is 9.59 Å². The van der Waals surface area contributed by atoms with Crippen molar-refractivity contribution in [3.05, 3.63) is 0 Å². The first-order chi connectivity index (χ1) is 10.1. The van der Waals surface area contributed by atoms with Crippen molar-refractivity contribution >= 4 is 11.9 Å². The number of amides is 1. The number of aliphatic hydroxyl groups excluding tert-OH is 1. The van der Waals surface area contributed by atoms with Gasteiger partial charge in [0, 0.05) is 19.0 Å². The topological polar surface area (TPSA) is 89.9 Å².